The molecule has 92 valence electrons. The Morgan fingerprint density at radius 3 is 1.83 bits per heavy atom. The van der Waals surface area contributed by atoms with Crippen LogP contribution >= 0.6 is 23.2 Å². The monoisotopic (exact) mass is 278 g/mol. The molecule has 0 heterocycles. The van der Waals surface area contributed by atoms with Crippen LogP contribution in [0.15, 0.2) is 36.4 Å². The highest BCUT2D eigenvalue weighted by Gasteiger charge is 2.28. The summed E-state index contributed by atoms with van der Waals surface area (Å²) in [4.78, 5) is 0. The van der Waals surface area contributed by atoms with E-state index in [1.165, 1.54) is 22.3 Å². The number of fused-ring (bicyclic) bond motifs is 3. The number of benzene rings is 2. The summed E-state index contributed by atoms with van der Waals surface area (Å²) >= 11 is 12.1. The molecule has 0 saturated carbocycles. The van der Waals surface area contributed by atoms with Crippen molar-refractivity contribution in [1.29, 1.82) is 0 Å². The van der Waals surface area contributed by atoms with Gasteiger partial charge in [-0.05, 0) is 52.9 Å². The topological polar surface area (TPSA) is 20.2 Å². The van der Waals surface area contributed by atoms with E-state index in [9.17, 15) is 5.11 Å². The van der Waals surface area contributed by atoms with Crippen LogP contribution in [0.5, 0.6) is 0 Å². The fourth-order valence-electron chi connectivity index (χ4n) is 2.74. The molecule has 1 aliphatic rings. The summed E-state index contributed by atoms with van der Waals surface area (Å²) in [5.41, 5.74) is 4.77. The Morgan fingerprint density at radius 2 is 1.39 bits per heavy atom. The third-order valence-corrected chi connectivity index (χ3v) is 3.96. The first-order valence-corrected chi connectivity index (χ1v) is 6.66. The molecule has 0 fully saturated rings. The van der Waals surface area contributed by atoms with Crippen LogP contribution in [-0.2, 0) is 0 Å². The molecule has 0 spiro atoms. The highest BCUT2D eigenvalue weighted by molar-refractivity contribution is 6.31. The molecule has 3 heteroatoms. The maximum absolute atomic E-state index is 9.25. The lowest BCUT2D eigenvalue weighted by Gasteiger charge is -2.12. The van der Waals surface area contributed by atoms with Gasteiger partial charge in [0, 0.05) is 22.6 Å². The summed E-state index contributed by atoms with van der Waals surface area (Å²) in [6, 6.07) is 11.9. The van der Waals surface area contributed by atoms with Crippen molar-refractivity contribution < 1.29 is 5.11 Å². The highest BCUT2D eigenvalue weighted by Crippen LogP contribution is 2.47. The first kappa shape index (κ1) is 12.0. The fraction of sp³-hybridized carbons (Fsp3) is 0.200. The van der Waals surface area contributed by atoms with Crippen LogP contribution in [0.2, 0.25) is 10.0 Å². The van der Waals surface area contributed by atoms with Crippen molar-refractivity contribution in [3.05, 3.63) is 57.6 Å². The number of halogens is 2. The van der Waals surface area contributed by atoms with Crippen LogP contribution in [-0.4, -0.2) is 11.7 Å². The minimum atomic E-state index is 0.155. The van der Waals surface area contributed by atoms with Crippen molar-refractivity contribution in [3.63, 3.8) is 0 Å². The largest absolute Gasteiger partial charge is 0.396 e. The summed E-state index contributed by atoms with van der Waals surface area (Å²) in [6.07, 6.45) is 0.695. The third kappa shape index (κ3) is 1.83. The number of hydrogen-bond acceptors (Lipinski definition) is 1. The number of aliphatic hydroxyl groups is 1. The van der Waals surface area contributed by atoms with Gasteiger partial charge in [-0.3, -0.25) is 0 Å². The van der Waals surface area contributed by atoms with Crippen molar-refractivity contribution in [2.75, 3.05) is 6.61 Å². The molecule has 0 atom stereocenters. The average molecular weight is 279 g/mol. The van der Waals surface area contributed by atoms with E-state index in [1.807, 2.05) is 36.4 Å². The quantitative estimate of drug-likeness (QED) is 0.858. The number of aliphatic hydroxyl groups excluding tert-OH is 1. The van der Waals surface area contributed by atoms with E-state index in [2.05, 4.69) is 0 Å². The SMILES string of the molecule is OCCC1c2cc(Cl)ccc2-c2ccc(Cl)cc21. The van der Waals surface area contributed by atoms with Gasteiger partial charge in [0.25, 0.3) is 0 Å². The van der Waals surface area contributed by atoms with Gasteiger partial charge >= 0.3 is 0 Å². The van der Waals surface area contributed by atoms with Gasteiger partial charge in [-0.25, -0.2) is 0 Å². The summed E-state index contributed by atoms with van der Waals surface area (Å²) in [7, 11) is 0. The van der Waals surface area contributed by atoms with Crippen LogP contribution in [0.25, 0.3) is 11.1 Å². The Morgan fingerprint density at radius 1 is 0.889 bits per heavy atom. The minimum absolute atomic E-state index is 0.155. The maximum Gasteiger partial charge on any atom is 0.0440 e. The van der Waals surface area contributed by atoms with E-state index in [-0.39, 0.29) is 12.5 Å². The summed E-state index contributed by atoms with van der Waals surface area (Å²) < 4.78 is 0. The molecule has 0 aliphatic heterocycles. The summed E-state index contributed by atoms with van der Waals surface area (Å²) in [6.45, 7) is 0.155. The molecule has 0 amide bonds. The Bertz CT molecular complexity index is 556. The van der Waals surface area contributed by atoms with E-state index in [4.69, 9.17) is 23.2 Å². The van der Waals surface area contributed by atoms with E-state index in [0.717, 1.165) is 10.0 Å². The van der Waals surface area contributed by atoms with Crippen LogP contribution in [0.1, 0.15) is 23.5 Å². The second kappa shape index (κ2) is 4.58. The van der Waals surface area contributed by atoms with Crippen LogP contribution in [0, 0.1) is 0 Å². The first-order valence-electron chi connectivity index (χ1n) is 5.91. The van der Waals surface area contributed by atoms with Crippen molar-refractivity contribution >= 4 is 23.2 Å². The Labute approximate surface area is 116 Å². The molecule has 1 N–H and O–H groups in total. The average Bonchev–Trinajstić information content (AvgIpc) is 2.63. The molecule has 3 rings (SSSR count). The second-order valence-electron chi connectivity index (χ2n) is 4.53. The van der Waals surface area contributed by atoms with Crippen molar-refractivity contribution in [2.24, 2.45) is 0 Å². The standard InChI is InChI=1S/C15H12Cl2O/c16-9-1-3-11-12-4-2-10(17)8-15(12)13(5-6-18)14(11)7-9/h1-4,7-8,13,18H,5-6H2. The zero-order valence-electron chi connectivity index (χ0n) is 9.66. The molecule has 0 bridgehead atoms. The zero-order valence-corrected chi connectivity index (χ0v) is 11.2. The van der Waals surface area contributed by atoms with Gasteiger partial charge in [-0.15, -0.1) is 0 Å². The molecule has 0 unspecified atom stereocenters. The second-order valence-corrected chi connectivity index (χ2v) is 5.40. The van der Waals surface area contributed by atoms with Gasteiger partial charge < -0.3 is 5.11 Å². The highest BCUT2D eigenvalue weighted by atomic mass is 35.5. The van der Waals surface area contributed by atoms with Crippen molar-refractivity contribution in [3.8, 4) is 11.1 Å². The van der Waals surface area contributed by atoms with E-state index < -0.39 is 0 Å². The third-order valence-electron chi connectivity index (χ3n) is 3.49. The predicted octanol–water partition coefficient (Wildman–Crippen LogP) is 4.49. The Kier molecular flexibility index (Phi) is 3.06. The lowest BCUT2D eigenvalue weighted by Crippen LogP contribution is -1.99. The van der Waals surface area contributed by atoms with E-state index in [1.54, 1.807) is 0 Å². The molecule has 1 nitrogen and oxygen atoms in total. The molecule has 2 aromatic carbocycles. The summed E-state index contributed by atoms with van der Waals surface area (Å²) in [5.74, 6) is 0.192. The lowest BCUT2D eigenvalue weighted by atomic mass is 9.94. The van der Waals surface area contributed by atoms with Gasteiger partial charge in [-0.2, -0.15) is 0 Å². The first-order chi connectivity index (χ1) is 8.70. The molecule has 2 aromatic rings. The molecule has 0 aromatic heterocycles. The lowest BCUT2D eigenvalue weighted by molar-refractivity contribution is 0.282. The van der Waals surface area contributed by atoms with Crippen molar-refractivity contribution in [1.82, 2.24) is 0 Å². The fourth-order valence-corrected chi connectivity index (χ4v) is 3.10. The minimum Gasteiger partial charge on any atom is -0.396 e. The van der Waals surface area contributed by atoms with E-state index >= 15 is 0 Å². The van der Waals surface area contributed by atoms with Gasteiger partial charge in [0.05, 0.1) is 0 Å². The van der Waals surface area contributed by atoms with Crippen LogP contribution in [0.3, 0.4) is 0 Å². The smallest absolute Gasteiger partial charge is 0.0440 e. The van der Waals surface area contributed by atoms with Crippen LogP contribution < -0.4 is 0 Å². The number of rotatable bonds is 2. The molecule has 18 heavy (non-hydrogen) atoms. The van der Waals surface area contributed by atoms with Crippen LogP contribution in [0.4, 0.5) is 0 Å². The molecular formula is C15H12Cl2O. The normalized spacial score (nSPS) is 13.5. The van der Waals surface area contributed by atoms with Gasteiger partial charge in [0.2, 0.25) is 0 Å². The molecule has 0 radical (unpaired) electrons. The molecule has 0 saturated heterocycles. The van der Waals surface area contributed by atoms with Gasteiger partial charge in [0.1, 0.15) is 0 Å². The summed E-state index contributed by atoms with van der Waals surface area (Å²) in [5, 5.41) is 10.7. The predicted molar refractivity (Wildman–Crippen MR) is 75.4 cm³/mol. The number of hydrogen-bond donors (Lipinski definition) is 1. The molecule has 1 aliphatic carbocycles. The maximum atomic E-state index is 9.25. The van der Waals surface area contributed by atoms with Gasteiger partial charge in [-0.1, -0.05) is 35.3 Å². The Balaban J connectivity index is 2.22. The van der Waals surface area contributed by atoms with Gasteiger partial charge in [0.15, 0.2) is 0 Å². The molecular weight excluding hydrogens is 267 g/mol. The van der Waals surface area contributed by atoms with E-state index in [0.29, 0.717) is 6.42 Å². The Hall–Kier alpha value is -1.02. The zero-order chi connectivity index (χ0) is 12.7. The van der Waals surface area contributed by atoms with Crippen molar-refractivity contribution in [2.45, 2.75) is 12.3 Å².